The first-order valence-corrected chi connectivity index (χ1v) is 7.91. The van der Waals surface area contributed by atoms with Gasteiger partial charge in [-0.1, -0.05) is 18.2 Å². The normalized spacial score (nSPS) is 16.7. The largest absolute Gasteiger partial charge is 0.490 e. The molecule has 0 amide bonds. The molecule has 0 spiro atoms. The monoisotopic (exact) mass is 294 g/mol. The average molecular weight is 294 g/mol. The number of thiophene rings is 1. The molecule has 2 aromatic carbocycles. The number of benzene rings is 2. The predicted octanol–water partition coefficient (Wildman–Crippen LogP) is 4.46. The molecule has 1 aliphatic heterocycles. The van der Waals surface area contributed by atoms with Crippen LogP contribution < -0.4 is 4.74 Å². The average Bonchev–Trinajstić information content (AvgIpc) is 3.07. The number of ketones is 1. The van der Waals surface area contributed by atoms with Gasteiger partial charge < -0.3 is 4.74 Å². The van der Waals surface area contributed by atoms with Gasteiger partial charge in [-0.2, -0.15) is 0 Å². The smallest absolute Gasteiger partial charge is 0.194 e. The van der Waals surface area contributed by atoms with Gasteiger partial charge in [-0.15, -0.1) is 11.3 Å². The maximum Gasteiger partial charge on any atom is 0.194 e. The molecule has 3 heteroatoms. The molecule has 4 rings (SSSR count). The Bertz CT molecular complexity index is 847. The third kappa shape index (κ3) is 2.05. The second-order valence-corrected chi connectivity index (χ2v) is 6.34. The van der Waals surface area contributed by atoms with E-state index >= 15 is 0 Å². The molecule has 2 nitrogen and oxygen atoms in total. The van der Waals surface area contributed by atoms with Crippen LogP contribution in [0.25, 0.3) is 10.1 Å². The number of hydrogen-bond donors (Lipinski definition) is 0. The number of carbonyl (C=O) groups is 1. The van der Waals surface area contributed by atoms with Crippen LogP contribution in [0.4, 0.5) is 0 Å². The van der Waals surface area contributed by atoms with E-state index in [9.17, 15) is 4.79 Å². The van der Waals surface area contributed by atoms with Crippen LogP contribution in [0, 0.1) is 0 Å². The SMILES string of the molecule is CC1Cc2cc(C(=O)c3csc4ccccc34)ccc2O1. The second-order valence-electron chi connectivity index (χ2n) is 5.43. The zero-order valence-corrected chi connectivity index (χ0v) is 12.4. The first kappa shape index (κ1) is 12.6. The summed E-state index contributed by atoms with van der Waals surface area (Å²) in [6.45, 7) is 2.05. The van der Waals surface area contributed by atoms with Gasteiger partial charge in [0.25, 0.3) is 0 Å². The Morgan fingerprint density at radius 3 is 3.00 bits per heavy atom. The van der Waals surface area contributed by atoms with E-state index in [1.807, 2.05) is 48.7 Å². The Labute approximate surface area is 127 Å². The Hall–Kier alpha value is -2.13. The lowest BCUT2D eigenvalue weighted by molar-refractivity contribution is 0.104. The van der Waals surface area contributed by atoms with Crippen molar-refractivity contribution in [2.75, 3.05) is 0 Å². The first-order chi connectivity index (χ1) is 10.2. The van der Waals surface area contributed by atoms with Gasteiger partial charge in [0.1, 0.15) is 11.9 Å². The van der Waals surface area contributed by atoms with Crippen LogP contribution in [0.2, 0.25) is 0 Å². The molecular formula is C18H14O2S. The zero-order chi connectivity index (χ0) is 14.4. The molecule has 104 valence electrons. The van der Waals surface area contributed by atoms with Crippen molar-refractivity contribution in [2.24, 2.45) is 0 Å². The number of hydrogen-bond acceptors (Lipinski definition) is 3. The molecule has 0 saturated carbocycles. The third-order valence-electron chi connectivity index (χ3n) is 3.88. The highest BCUT2D eigenvalue weighted by atomic mass is 32.1. The molecule has 1 aromatic heterocycles. The van der Waals surface area contributed by atoms with Gasteiger partial charge in [0, 0.05) is 33.0 Å². The van der Waals surface area contributed by atoms with E-state index in [1.54, 1.807) is 11.3 Å². The van der Waals surface area contributed by atoms with E-state index in [-0.39, 0.29) is 11.9 Å². The number of rotatable bonds is 2. The highest BCUT2D eigenvalue weighted by Gasteiger charge is 2.21. The van der Waals surface area contributed by atoms with E-state index in [2.05, 4.69) is 6.07 Å². The van der Waals surface area contributed by atoms with Crippen molar-refractivity contribution in [3.05, 3.63) is 64.5 Å². The first-order valence-electron chi connectivity index (χ1n) is 7.03. The van der Waals surface area contributed by atoms with Crippen LogP contribution in [0.15, 0.2) is 47.8 Å². The summed E-state index contributed by atoms with van der Waals surface area (Å²) in [6.07, 6.45) is 1.08. The predicted molar refractivity (Wildman–Crippen MR) is 85.5 cm³/mol. The lowest BCUT2D eigenvalue weighted by Gasteiger charge is -2.04. The van der Waals surface area contributed by atoms with Gasteiger partial charge in [0.15, 0.2) is 5.78 Å². The summed E-state index contributed by atoms with van der Waals surface area (Å²) in [4.78, 5) is 12.8. The maximum absolute atomic E-state index is 12.8. The van der Waals surface area contributed by atoms with Crippen LogP contribution in [0.3, 0.4) is 0 Å². The van der Waals surface area contributed by atoms with E-state index in [0.717, 1.165) is 38.9 Å². The molecule has 1 atom stereocenters. The van der Waals surface area contributed by atoms with Gasteiger partial charge in [0.05, 0.1) is 0 Å². The summed E-state index contributed by atoms with van der Waals surface area (Å²) in [5.74, 6) is 1.00. The molecule has 0 fully saturated rings. The minimum absolute atomic E-state index is 0.0924. The van der Waals surface area contributed by atoms with E-state index in [4.69, 9.17) is 4.74 Å². The Kier molecular flexibility index (Phi) is 2.82. The molecule has 0 aliphatic carbocycles. The maximum atomic E-state index is 12.8. The summed E-state index contributed by atoms with van der Waals surface area (Å²) >= 11 is 1.62. The van der Waals surface area contributed by atoms with Crippen LogP contribution in [0.1, 0.15) is 28.4 Å². The minimum Gasteiger partial charge on any atom is -0.490 e. The quantitative estimate of drug-likeness (QED) is 0.652. The highest BCUT2D eigenvalue weighted by Crippen LogP contribution is 2.32. The van der Waals surface area contributed by atoms with Crippen molar-refractivity contribution >= 4 is 27.2 Å². The van der Waals surface area contributed by atoms with Gasteiger partial charge in [0.2, 0.25) is 0 Å². The topological polar surface area (TPSA) is 26.3 Å². The molecule has 3 aromatic rings. The van der Waals surface area contributed by atoms with Crippen LogP contribution >= 0.6 is 11.3 Å². The molecule has 0 saturated heterocycles. The van der Waals surface area contributed by atoms with Crippen LogP contribution in [-0.4, -0.2) is 11.9 Å². The van der Waals surface area contributed by atoms with Crippen LogP contribution in [-0.2, 0) is 6.42 Å². The summed E-state index contributed by atoms with van der Waals surface area (Å²) in [6, 6.07) is 13.8. The molecule has 0 N–H and O–H groups in total. The Morgan fingerprint density at radius 2 is 2.10 bits per heavy atom. The zero-order valence-electron chi connectivity index (χ0n) is 11.6. The van der Waals surface area contributed by atoms with Crippen molar-refractivity contribution in [3.63, 3.8) is 0 Å². The molecular weight excluding hydrogens is 280 g/mol. The van der Waals surface area contributed by atoms with Gasteiger partial charge >= 0.3 is 0 Å². The van der Waals surface area contributed by atoms with Crippen molar-refractivity contribution in [2.45, 2.75) is 19.4 Å². The van der Waals surface area contributed by atoms with Crippen LogP contribution in [0.5, 0.6) is 5.75 Å². The fraction of sp³-hybridized carbons (Fsp3) is 0.167. The number of ether oxygens (including phenoxy) is 1. The molecule has 1 aliphatic rings. The summed E-state index contributed by atoms with van der Waals surface area (Å²) in [5.41, 5.74) is 2.67. The fourth-order valence-corrected chi connectivity index (χ4v) is 3.81. The van der Waals surface area contributed by atoms with Crippen molar-refractivity contribution in [1.82, 2.24) is 0 Å². The molecule has 1 unspecified atom stereocenters. The summed E-state index contributed by atoms with van der Waals surface area (Å²) in [7, 11) is 0. The third-order valence-corrected chi connectivity index (χ3v) is 4.85. The Balaban J connectivity index is 1.77. The van der Waals surface area contributed by atoms with E-state index < -0.39 is 0 Å². The van der Waals surface area contributed by atoms with E-state index in [1.165, 1.54) is 0 Å². The lowest BCUT2D eigenvalue weighted by atomic mass is 9.99. The summed E-state index contributed by atoms with van der Waals surface area (Å²) in [5, 5.41) is 3.00. The standard InChI is InChI=1S/C18H14O2S/c1-11-8-13-9-12(6-7-16(13)20-11)18(19)15-10-21-17-5-3-2-4-14(15)17/h2-7,9-11H,8H2,1H3. The second kappa shape index (κ2) is 4.71. The van der Waals surface area contributed by atoms with Crippen molar-refractivity contribution in [1.29, 1.82) is 0 Å². The number of carbonyl (C=O) groups excluding carboxylic acids is 1. The molecule has 0 radical (unpaired) electrons. The van der Waals surface area contributed by atoms with Gasteiger partial charge in [-0.05, 0) is 36.8 Å². The fourth-order valence-electron chi connectivity index (χ4n) is 2.87. The van der Waals surface area contributed by atoms with Crippen molar-refractivity contribution < 1.29 is 9.53 Å². The van der Waals surface area contributed by atoms with E-state index in [0.29, 0.717) is 0 Å². The molecule has 0 bridgehead atoms. The van der Waals surface area contributed by atoms with Crippen molar-refractivity contribution in [3.8, 4) is 5.75 Å². The molecule has 2 heterocycles. The van der Waals surface area contributed by atoms with Gasteiger partial charge in [-0.25, -0.2) is 0 Å². The highest BCUT2D eigenvalue weighted by molar-refractivity contribution is 7.17. The minimum atomic E-state index is 0.0924. The molecule has 21 heavy (non-hydrogen) atoms. The summed E-state index contributed by atoms with van der Waals surface area (Å²) < 4.78 is 6.85. The number of fused-ring (bicyclic) bond motifs is 2. The Morgan fingerprint density at radius 1 is 1.24 bits per heavy atom. The lowest BCUT2D eigenvalue weighted by Crippen LogP contribution is -2.05. The van der Waals surface area contributed by atoms with Gasteiger partial charge in [-0.3, -0.25) is 4.79 Å².